The molecule has 1 saturated heterocycles. The summed E-state index contributed by atoms with van der Waals surface area (Å²) in [5, 5.41) is 18.3. The van der Waals surface area contributed by atoms with Gasteiger partial charge in [-0.25, -0.2) is 4.39 Å². The van der Waals surface area contributed by atoms with Gasteiger partial charge in [0, 0.05) is 40.8 Å². The number of aromatic amines is 1. The molecule has 0 spiro atoms. The maximum atomic E-state index is 14.4. The Bertz CT molecular complexity index is 1300. The van der Waals surface area contributed by atoms with Gasteiger partial charge in [0.2, 0.25) is 5.82 Å². The normalized spacial score (nSPS) is 13.7. The Labute approximate surface area is 209 Å². The predicted octanol–water partition coefficient (Wildman–Crippen LogP) is 5.59. The minimum Gasteiger partial charge on any atom is -0.485 e. The summed E-state index contributed by atoms with van der Waals surface area (Å²) >= 11 is 0. The van der Waals surface area contributed by atoms with Crippen molar-refractivity contribution in [1.82, 2.24) is 20.6 Å². The Balaban J connectivity index is 0.00000148. The minimum atomic E-state index is -0.420. The van der Waals surface area contributed by atoms with Gasteiger partial charge in [0.25, 0.3) is 5.91 Å². The van der Waals surface area contributed by atoms with Gasteiger partial charge in [-0.1, -0.05) is 50.3 Å². The molecule has 188 valence electrons. The number of nitrogens with zero attached hydrogens (tertiary/aromatic N) is 4. The van der Waals surface area contributed by atoms with Gasteiger partial charge >= 0.3 is 0 Å². The Morgan fingerprint density at radius 3 is 2.58 bits per heavy atom. The fourth-order valence-electron chi connectivity index (χ4n) is 4.24. The first-order valence-corrected chi connectivity index (χ1v) is 12.3. The molecule has 1 amide bonds. The molecule has 8 nitrogen and oxygen atoms in total. The summed E-state index contributed by atoms with van der Waals surface area (Å²) in [5.74, 6) is 0.949. The number of anilines is 2. The molecule has 0 saturated carbocycles. The third-order valence-corrected chi connectivity index (χ3v) is 6.17. The number of aromatic nitrogens is 4. The number of hydrogen-bond donors (Lipinski definition) is 2. The molecule has 1 aromatic heterocycles. The Morgan fingerprint density at radius 1 is 1.11 bits per heavy atom. The van der Waals surface area contributed by atoms with Crippen LogP contribution in [0.1, 0.15) is 49.8 Å². The predicted molar refractivity (Wildman–Crippen MR) is 139 cm³/mol. The van der Waals surface area contributed by atoms with Crippen molar-refractivity contribution in [2.45, 2.75) is 40.2 Å². The van der Waals surface area contributed by atoms with Gasteiger partial charge in [-0.3, -0.25) is 4.79 Å². The van der Waals surface area contributed by atoms with Gasteiger partial charge in [0.05, 0.1) is 0 Å². The molecule has 1 aliphatic rings. The summed E-state index contributed by atoms with van der Waals surface area (Å²) in [4.78, 5) is 15.3. The van der Waals surface area contributed by atoms with Crippen LogP contribution in [0.3, 0.4) is 0 Å². The summed E-state index contributed by atoms with van der Waals surface area (Å²) in [7, 11) is 0. The van der Waals surface area contributed by atoms with Crippen molar-refractivity contribution >= 4 is 28.1 Å². The second-order valence-corrected chi connectivity index (χ2v) is 8.60. The number of carbonyl (C=O) groups excluding carboxylic acids is 1. The van der Waals surface area contributed by atoms with Gasteiger partial charge in [-0.05, 0) is 49.1 Å². The van der Waals surface area contributed by atoms with E-state index < -0.39 is 5.82 Å². The zero-order valence-electron chi connectivity index (χ0n) is 20.8. The van der Waals surface area contributed by atoms with Crippen LogP contribution in [0.25, 0.3) is 10.8 Å². The highest BCUT2D eigenvalue weighted by Crippen LogP contribution is 2.32. The molecule has 2 N–H and O–H groups in total. The van der Waals surface area contributed by atoms with E-state index in [1.165, 1.54) is 12.1 Å². The fourth-order valence-corrected chi connectivity index (χ4v) is 4.24. The third-order valence-electron chi connectivity index (χ3n) is 6.17. The van der Waals surface area contributed by atoms with E-state index in [0.29, 0.717) is 23.2 Å². The number of tetrazole rings is 1. The number of piperidine rings is 1. The van der Waals surface area contributed by atoms with E-state index in [9.17, 15) is 9.18 Å². The zero-order chi connectivity index (χ0) is 25.5. The molecule has 5 rings (SSSR count). The first kappa shape index (κ1) is 25.1. The maximum absolute atomic E-state index is 14.4. The van der Waals surface area contributed by atoms with Gasteiger partial charge in [0.1, 0.15) is 11.6 Å². The van der Waals surface area contributed by atoms with E-state index in [2.05, 4.69) is 37.8 Å². The van der Waals surface area contributed by atoms with Crippen LogP contribution in [0.4, 0.5) is 15.8 Å². The summed E-state index contributed by atoms with van der Waals surface area (Å²) in [6.07, 6.45) is 2.12. The van der Waals surface area contributed by atoms with E-state index in [4.69, 9.17) is 4.74 Å². The van der Waals surface area contributed by atoms with Gasteiger partial charge < -0.3 is 15.0 Å². The minimum absolute atomic E-state index is 0.160. The fraction of sp³-hybridized carbons (Fsp3) is 0.333. The number of carbonyl (C=O) groups is 1. The quantitative estimate of drug-likeness (QED) is 0.366. The SMILES string of the molecule is CC.CC1CCN(c2cc(F)cc(C(=O)Nc3ccc(OCc4nn[nH]n4)c4ccccc34)c2)CC1. The molecule has 2 heterocycles. The number of H-pyrrole nitrogens is 1. The highest BCUT2D eigenvalue weighted by molar-refractivity contribution is 6.10. The molecule has 1 fully saturated rings. The molecule has 0 radical (unpaired) electrons. The molecule has 0 bridgehead atoms. The van der Waals surface area contributed by atoms with E-state index in [0.717, 1.165) is 42.4 Å². The molecule has 4 aromatic rings. The van der Waals surface area contributed by atoms with Crippen LogP contribution >= 0.6 is 0 Å². The highest BCUT2D eigenvalue weighted by Gasteiger charge is 2.19. The Hall–Kier alpha value is -4.01. The number of fused-ring (bicyclic) bond motifs is 1. The van der Waals surface area contributed by atoms with Crippen LogP contribution in [-0.4, -0.2) is 39.6 Å². The van der Waals surface area contributed by atoms with Crippen LogP contribution in [-0.2, 0) is 6.61 Å². The number of halogens is 1. The summed E-state index contributed by atoms with van der Waals surface area (Å²) in [6.45, 7) is 8.12. The number of hydrogen-bond acceptors (Lipinski definition) is 6. The van der Waals surface area contributed by atoms with E-state index in [1.807, 2.05) is 38.1 Å². The van der Waals surface area contributed by atoms with Crippen molar-refractivity contribution in [3.8, 4) is 5.75 Å². The van der Waals surface area contributed by atoms with Crippen LogP contribution in [0, 0.1) is 11.7 Å². The number of rotatable bonds is 6. The van der Waals surface area contributed by atoms with Crippen molar-refractivity contribution in [2.75, 3.05) is 23.3 Å². The molecule has 1 aliphatic heterocycles. The molecule has 9 heteroatoms. The van der Waals surface area contributed by atoms with Crippen molar-refractivity contribution in [1.29, 1.82) is 0 Å². The lowest BCUT2D eigenvalue weighted by Gasteiger charge is -2.32. The Morgan fingerprint density at radius 2 is 1.86 bits per heavy atom. The van der Waals surface area contributed by atoms with Crippen molar-refractivity contribution in [3.05, 3.63) is 71.8 Å². The monoisotopic (exact) mass is 490 g/mol. The van der Waals surface area contributed by atoms with E-state index >= 15 is 0 Å². The van der Waals surface area contributed by atoms with Crippen molar-refractivity contribution in [3.63, 3.8) is 0 Å². The van der Waals surface area contributed by atoms with Gasteiger partial charge in [-0.2, -0.15) is 5.21 Å². The smallest absolute Gasteiger partial charge is 0.255 e. The van der Waals surface area contributed by atoms with Crippen LogP contribution in [0.15, 0.2) is 54.6 Å². The zero-order valence-corrected chi connectivity index (χ0v) is 20.8. The molecule has 0 atom stereocenters. The molecule has 36 heavy (non-hydrogen) atoms. The standard InChI is InChI=1S/C25H25FN6O2.C2H6/c1-16-8-10-32(11-9-16)19-13-17(12-18(26)14-19)25(33)27-22-6-7-23(21-5-3-2-4-20(21)22)34-15-24-28-30-31-29-24;1-2/h2-7,12-14,16H,8-11,15H2,1H3,(H,27,33)(H,28,29,30,31);1-2H3. The molecule has 3 aromatic carbocycles. The number of amides is 1. The lowest BCUT2D eigenvalue weighted by molar-refractivity contribution is 0.102. The highest BCUT2D eigenvalue weighted by atomic mass is 19.1. The number of ether oxygens (including phenoxy) is 1. The Kier molecular flexibility index (Phi) is 8.10. The third kappa shape index (κ3) is 5.79. The maximum Gasteiger partial charge on any atom is 0.255 e. The molecule has 0 aliphatic carbocycles. The summed E-state index contributed by atoms with van der Waals surface area (Å²) in [5.41, 5.74) is 1.65. The summed E-state index contributed by atoms with van der Waals surface area (Å²) in [6, 6.07) is 15.7. The first-order valence-electron chi connectivity index (χ1n) is 12.3. The van der Waals surface area contributed by atoms with E-state index in [-0.39, 0.29) is 18.1 Å². The second-order valence-electron chi connectivity index (χ2n) is 8.60. The van der Waals surface area contributed by atoms with Crippen LogP contribution < -0.4 is 15.0 Å². The molecular weight excluding hydrogens is 459 g/mol. The van der Waals surface area contributed by atoms with Crippen LogP contribution in [0.2, 0.25) is 0 Å². The number of benzene rings is 3. The van der Waals surface area contributed by atoms with Gasteiger partial charge in [-0.15, -0.1) is 10.2 Å². The van der Waals surface area contributed by atoms with E-state index in [1.54, 1.807) is 18.2 Å². The second kappa shape index (κ2) is 11.6. The number of nitrogens with one attached hydrogen (secondary N) is 2. The average molecular weight is 491 g/mol. The topological polar surface area (TPSA) is 96.0 Å². The van der Waals surface area contributed by atoms with Crippen molar-refractivity contribution in [2.24, 2.45) is 5.92 Å². The summed E-state index contributed by atoms with van der Waals surface area (Å²) < 4.78 is 20.3. The van der Waals surface area contributed by atoms with Crippen molar-refractivity contribution < 1.29 is 13.9 Å². The lowest BCUT2D eigenvalue weighted by Crippen LogP contribution is -2.33. The van der Waals surface area contributed by atoms with Gasteiger partial charge in [0.15, 0.2) is 6.61 Å². The first-order chi connectivity index (χ1) is 17.6. The lowest BCUT2D eigenvalue weighted by atomic mass is 9.98. The molecule has 0 unspecified atom stereocenters. The van der Waals surface area contributed by atoms with Crippen LogP contribution in [0.5, 0.6) is 5.75 Å². The largest absolute Gasteiger partial charge is 0.485 e. The molecular formula is C27H31FN6O2. The average Bonchev–Trinajstić information content (AvgIpc) is 3.43.